The molecular formula is C54H37N. The molecule has 0 N–H and O–H groups in total. The fourth-order valence-corrected chi connectivity index (χ4v) is 10.8. The molecule has 0 bridgehead atoms. The normalized spacial score (nSPS) is 14.7. The number of hydrogen-bond acceptors (Lipinski definition) is 1. The molecule has 0 radical (unpaired) electrons. The van der Waals surface area contributed by atoms with Gasteiger partial charge in [-0.3, -0.25) is 0 Å². The number of rotatable bonds is 3. The summed E-state index contributed by atoms with van der Waals surface area (Å²) in [4.78, 5) is 2.57. The van der Waals surface area contributed by atoms with Crippen molar-refractivity contribution in [3.63, 3.8) is 0 Å². The Bertz CT molecular complexity index is 3040. The van der Waals surface area contributed by atoms with Gasteiger partial charge in [0.05, 0.1) is 16.8 Å². The molecule has 0 fully saturated rings. The van der Waals surface area contributed by atoms with Crippen molar-refractivity contribution >= 4 is 38.6 Å². The first-order chi connectivity index (χ1) is 27.1. The standard InChI is InChI=1S/C54H37N/c1-53(2)44-22-9-5-17-38(44)41-32-30-35(33-49(41)53)55(50-27-13-21-37-36-16-4-3-15-34(36)29-31-42(37)50)51-28-14-26-48-52(51)43-20-8-12-25-47(43)54(48)45-23-10-6-18-39(45)40-19-7-11-24-46(40)54/h3-33H,1-2H3. The van der Waals surface area contributed by atoms with Crippen LogP contribution in [0.25, 0.3) is 54.9 Å². The highest BCUT2D eigenvalue weighted by atomic mass is 15.1. The van der Waals surface area contributed by atoms with Gasteiger partial charge in [-0.15, -0.1) is 0 Å². The maximum atomic E-state index is 2.57. The average molecular weight is 700 g/mol. The van der Waals surface area contributed by atoms with Crippen LogP contribution in [-0.4, -0.2) is 0 Å². The van der Waals surface area contributed by atoms with Gasteiger partial charge in [0.25, 0.3) is 0 Å². The molecule has 9 aromatic carbocycles. The number of benzene rings is 9. The van der Waals surface area contributed by atoms with Crippen LogP contribution in [0, 0.1) is 0 Å². The van der Waals surface area contributed by atoms with Gasteiger partial charge >= 0.3 is 0 Å². The minimum atomic E-state index is -0.419. The van der Waals surface area contributed by atoms with Crippen LogP contribution < -0.4 is 4.90 Å². The van der Waals surface area contributed by atoms with Crippen molar-refractivity contribution in [3.05, 3.63) is 221 Å². The Morgan fingerprint density at radius 3 is 1.62 bits per heavy atom. The summed E-state index contributed by atoms with van der Waals surface area (Å²) >= 11 is 0. The van der Waals surface area contributed by atoms with Gasteiger partial charge in [0.1, 0.15) is 0 Å². The van der Waals surface area contributed by atoms with Gasteiger partial charge in [0.15, 0.2) is 0 Å². The van der Waals surface area contributed by atoms with Gasteiger partial charge in [-0.1, -0.05) is 178 Å². The molecule has 3 aliphatic rings. The highest BCUT2D eigenvalue weighted by molar-refractivity contribution is 6.13. The number of nitrogens with zero attached hydrogens (tertiary/aromatic N) is 1. The number of fused-ring (bicyclic) bond motifs is 16. The van der Waals surface area contributed by atoms with Crippen LogP contribution in [0.3, 0.4) is 0 Å². The number of anilines is 3. The third-order valence-corrected chi connectivity index (χ3v) is 13.1. The van der Waals surface area contributed by atoms with Gasteiger partial charge in [0, 0.05) is 22.1 Å². The van der Waals surface area contributed by atoms with E-state index in [0.29, 0.717) is 0 Å². The first-order valence-electron chi connectivity index (χ1n) is 19.4. The summed E-state index contributed by atoms with van der Waals surface area (Å²) in [5, 5.41) is 5.02. The van der Waals surface area contributed by atoms with Crippen molar-refractivity contribution in [1.82, 2.24) is 0 Å². The lowest BCUT2D eigenvalue weighted by Gasteiger charge is -2.32. The fourth-order valence-electron chi connectivity index (χ4n) is 10.8. The lowest BCUT2D eigenvalue weighted by Crippen LogP contribution is -2.26. The highest BCUT2D eigenvalue weighted by Gasteiger charge is 2.52. The Labute approximate surface area is 321 Å². The summed E-state index contributed by atoms with van der Waals surface area (Å²) in [7, 11) is 0. The molecule has 0 aliphatic heterocycles. The van der Waals surface area contributed by atoms with Crippen LogP contribution in [-0.2, 0) is 10.8 Å². The predicted molar refractivity (Wildman–Crippen MR) is 230 cm³/mol. The molecule has 0 atom stereocenters. The monoisotopic (exact) mass is 699 g/mol. The molecule has 0 heterocycles. The Kier molecular flexibility index (Phi) is 6.11. The zero-order valence-electron chi connectivity index (χ0n) is 30.8. The Morgan fingerprint density at radius 2 is 0.873 bits per heavy atom. The van der Waals surface area contributed by atoms with Crippen molar-refractivity contribution < 1.29 is 0 Å². The van der Waals surface area contributed by atoms with Gasteiger partial charge in [-0.05, 0) is 102 Å². The van der Waals surface area contributed by atoms with Crippen molar-refractivity contribution in [3.8, 4) is 33.4 Å². The quantitative estimate of drug-likeness (QED) is 0.166. The third-order valence-electron chi connectivity index (χ3n) is 13.1. The summed E-state index contributed by atoms with van der Waals surface area (Å²) in [6, 6.07) is 70.8. The molecule has 0 unspecified atom stereocenters. The molecule has 0 saturated carbocycles. The predicted octanol–water partition coefficient (Wildman–Crippen LogP) is 14.1. The van der Waals surface area contributed by atoms with Gasteiger partial charge in [0.2, 0.25) is 0 Å². The molecule has 258 valence electrons. The topological polar surface area (TPSA) is 3.24 Å². The molecule has 1 spiro atoms. The summed E-state index contributed by atoms with van der Waals surface area (Å²) in [6.07, 6.45) is 0. The van der Waals surface area contributed by atoms with E-state index in [9.17, 15) is 0 Å². The summed E-state index contributed by atoms with van der Waals surface area (Å²) < 4.78 is 0. The molecule has 0 saturated heterocycles. The second kappa shape index (κ2) is 10.9. The molecule has 3 aliphatic carbocycles. The zero-order valence-corrected chi connectivity index (χ0v) is 30.8. The highest BCUT2D eigenvalue weighted by Crippen LogP contribution is 2.65. The first-order valence-corrected chi connectivity index (χ1v) is 19.4. The van der Waals surface area contributed by atoms with E-state index in [0.717, 1.165) is 0 Å². The van der Waals surface area contributed by atoms with E-state index < -0.39 is 5.41 Å². The van der Waals surface area contributed by atoms with E-state index in [4.69, 9.17) is 0 Å². The van der Waals surface area contributed by atoms with Crippen LogP contribution in [0.15, 0.2) is 188 Å². The van der Waals surface area contributed by atoms with E-state index in [1.807, 2.05) is 0 Å². The summed E-state index contributed by atoms with van der Waals surface area (Å²) in [6.45, 7) is 4.76. The smallest absolute Gasteiger partial charge is 0.0726 e. The van der Waals surface area contributed by atoms with Crippen LogP contribution in [0.4, 0.5) is 17.1 Å². The Balaban J connectivity index is 1.19. The largest absolute Gasteiger partial charge is 0.309 e. The van der Waals surface area contributed by atoms with Crippen LogP contribution in [0.2, 0.25) is 0 Å². The maximum absolute atomic E-state index is 2.57. The van der Waals surface area contributed by atoms with Crippen molar-refractivity contribution in [2.45, 2.75) is 24.7 Å². The minimum absolute atomic E-state index is 0.130. The van der Waals surface area contributed by atoms with E-state index in [2.05, 4.69) is 207 Å². The molecule has 12 rings (SSSR count). The SMILES string of the molecule is CC1(C)c2ccccc2-c2ccc(N(c3cccc4c3-c3ccccc3C43c4ccccc4-c4ccccc43)c3cccc4c3ccc3ccccc34)cc21. The zero-order chi connectivity index (χ0) is 36.5. The van der Waals surface area contributed by atoms with Gasteiger partial charge in [-0.25, -0.2) is 0 Å². The van der Waals surface area contributed by atoms with E-state index in [1.165, 1.54) is 105 Å². The molecule has 0 amide bonds. The molecule has 1 heteroatoms. The first kappa shape index (κ1) is 30.7. The average Bonchev–Trinajstić information content (AvgIpc) is 3.80. The molecule has 1 nitrogen and oxygen atoms in total. The Morgan fingerprint density at radius 1 is 0.345 bits per heavy atom. The Hall–Kier alpha value is -6.70. The van der Waals surface area contributed by atoms with Crippen molar-refractivity contribution in [1.29, 1.82) is 0 Å². The maximum Gasteiger partial charge on any atom is 0.0726 e. The second-order valence-electron chi connectivity index (χ2n) is 16.0. The van der Waals surface area contributed by atoms with E-state index >= 15 is 0 Å². The lowest BCUT2D eigenvalue weighted by atomic mass is 9.70. The van der Waals surface area contributed by atoms with E-state index in [-0.39, 0.29) is 5.41 Å². The fraction of sp³-hybridized carbons (Fsp3) is 0.0741. The van der Waals surface area contributed by atoms with Crippen molar-refractivity contribution in [2.75, 3.05) is 4.90 Å². The molecule has 55 heavy (non-hydrogen) atoms. The lowest BCUT2D eigenvalue weighted by molar-refractivity contribution is 0.660. The third kappa shape index (κ3) is 3.87. The summed E-state index contributed by atoms with van der Waals surface area (Å²) in [5.74, 6) is 0. The molecular weight excluding hydrogens is 663 g/mol. The van der Waals surface area contributed by atoms with Crippen LogP contribution in [0.5, 0.6) is 0 Å². The molecule has 0 aromatic heterocycles. The van der Waals surface area contributed by atoms with Crippen molar-refractivity contribution in [2.24, 2.45) is 0 Å². The molecule has 9 aromatic rings. The van der Waals surface area contributed by atoms with Crippen LogP contribution in [0.1, 0.15) is 47.2 Å². The second-order valence-corrected chi connectivity index (χ2v) is 16.0. The van der Waals surface area contributed by atoms with E-state index in [1.54, 1.807) is 0 Å². The minimum Gasteiger partial charge on any atom is -0.309 e. The van der Waals surface area contributed by atoms with Gasteiger partial charge in [-0.2, -0.15) is 0 Å². The number of hydrogen-bond donors (Lipinski definition) is 0. The van der Waals surface area contributed by atoms with Crippen LogP contribution >= 0.6 is 0 Å². The van der Waals surface area contributed by atoms with Gasteiger partial charge < -0.3 is 4.90 Å². The summed E-state index contributed by atoms with van der Waals surface area (Å²) in [5.41, 5.74) is 19.1.